The minimum Gasteiger partial charge on any atom is -0.466 e. The largest absolute Gasteiger partial charge is 0.466 e. The molecule has 0 saturated carbocycles. The van der Waals surface area contributed by atoms with E-state index in [4.69, 9.17) is 4.74 Å². The van der Waals surface area contributed by atoms with Crippen molar-refractivity contribution in [1.82, 2.24) is 9.47 Å². The quantitative estimate of drug-likeness (QED) is 0.802. The molecule has 0 radical (unpaired) electrons. The number of likely N-dealkylation sites (tertiary alicyclic amines) is 1. The van der Waals surface area contributed by atoms with Gasteiger partial charge in [0.25, 0.3) is 0 Å². The van der Waals surface area contributed by atoms with E-state index < -0.39 is 0 Å². The second kappa shape index (κ2) is 7.29. The third-order valence-electron chi connectivity index (χ3n) is 3.90. The number of nitrogens with zero attached hydrogens (tertiary/aromatic N) is 2. The number of hydrogen-bond donors (Lipinski definition) is 0. The van der Waals surface area contributed by atoms with Gasteiger partial charge in [0.1, 0.15) is 0 Å². The summed E-state index contributed by atoms with van der Waals surface area (Å²) in [6, 6.07) is 3.79. The van der Waals surface area contributed by atoms with Crippen molar-refractivity contribution >= 4 is 12.0 Å². The first-order chi connectivity index (χ1) is 10.1. The Hall–Kier alpha value is -1.78. The van der Waals surface area contributed by atoms with Crippen LogP contribution in [0, 0.1) is 0 Å². The molecule has 5 heteroatoms. The molecule has 1 aromatic rings. The molecule has 0 aromatic carbocycles. The highest BCUT2D eigenvalue weighted by Gasteiger charge is 2.22. The molecule has 5 nitrogen and oxygen atoms in total. The van der Waals surface area contributed by atoms with Crippen molar-refractivity contribution in [3.63, 3.8) is 0 Å². The minimum absolute atomic E-state index is 0.0189. The molecule has 1 saturated heterocycles. The molecule has 1 amide bonds. The summed E-state index contributed by atoms with van der Waals surface area (Å²) in [5, 5.41) is 0. The van der Waals surface area contributed by atoms with E-state index in [1.54, 1.807) is 17.7 Å². The fourth-order valence-electron chi connectivity index (χ4n) is 2.78. The monoisotopic (exact) mass is 292 g/mol. The molecule has 0 spiro atoms. The molecular formula is C16H24N2O3. The number of rotatable bonds is 4. The highest BCUT2D eigenvalue weighted by Crippen LogP contribution is 2.22. The van der Waals surface area contributed by atoms with Crippen LogP contribution in [0.2, 0.25) is 0 Å². The van der Waals surface area contributed by atoms with Crippen LogP contribution in [0.1, 0.15) is 51.1 Å². The van der Waals surface area contributed by atoms with Gasteiger partial charge in [-0.2, -0.15) is 0 Å². The van der Waals surface area contributed by atoms with Crippen molar-refractivity contribution in [2.24, 2.45) is 0 Å². The molecule has 1 aliphatic rings. The van der Waals surface area contributed by atoms with Gasteiger partial charge in [-0.25, -0.2) is 4.79 Å². The Balaban J connectivity index is 2.06. The van der Waals surface area contributed by atoms with Gasteiger partial charge in [-0.05, 0) is 38.3 Å². The first kappa shape index (κ1) is 15.6. The summed E-state index contributed by atoms with van der Waals surface area (Å²) in [6.07, 6.45) is 5.42. The van der Waals surface area contributed by atoms with Gasteiger partial charge in [-0.15, -0.1) is 0 Å². The van der Waals surface area contributed by atoms with Crippen LogP contribution in [0.5, 0.6) is 0 Å². The predicted octanol–water partition coefficient (Wildman–Crippen LogP) is 3.00. The van der Waals surface area contributed by atoms with E-state index in [-0.39, 0.29) is 17.9 Å². The number of amides is 1. The van der Waals surface area contributed by atoms with Crippen molar-refractivity contribution in [2.45, 2.75) is 45.4 Å². The molecule has 1 aliphatic heterocycles. The van der Waals surface area contributed by atoms with Gasteiger partial charge in [0, 0.05) is 30.9 Å². The molecule has 1 unspecified atom stereocenters. The number of piperidine rings is 1. The second-order valence-corrected chi connectivity index (χ2v) is 5.54. The van der Waals surface area contributed by atoms with Crippen LogP contribution >= 0.6 is 0 Å². The lowest BCUT2D eigenvalue weighted by atomic mass is 10.0. The van der Waals surface area contributed by atoms with E-state index in [1.165, 1.54) is 6.42 Å². The number of ether oxygens (including phenoxy) is 1. The minimum atomic E-state index is -0.219. The second-order valence-electron chi connectivity index (χ2n) is 5.54. The van der Waals surface area contributed by atoms with Crippen LogP contribution in [0.3, 0.4) is 0 Å². The summed E-state index contributed by atoms with van der Waals surface area (Å²) in [6.45, 7) is 5.78. The zero-order valence-electron chi connectivity index (χ0n) is 12.9. The maximum atomic E-state index is 12.6. The van der Waals surface area contributed by atoms with Gasteiger partial charge in [0.05, 0.1) is 13.0 Å². The molecule has 0 N–H and O–H groups in total. The van der Waals surface area contributed by atoms with Crippen molar-refractivity contribution in [1.29, 1.82) is 0 Å². The van der Waals surface area contributed by atoms with E-state index in [2.05, 4.69) is 0 Å². The average Bonchev–Trinajstić information content (AvgIpc) is 2.97. The lowest BCUT2D eigenvalue weighted by molar-refractivity contribution is -0.143. The van der Waals surface area contributed by atoms with Crippen LogP contribution in [0.25, 0.3) is 0 Å². The van der Waals surface area contributed by atoms with E-state index in [0.717, 1.165) is 31.6 Å². The number of aromatic nitrogens is 1. The fraction of sp³-hybridized carbons (Fsp3) is 0.625. The van der Waals surface area contributed by atoms with Crippen LogP contribution in [-0.2, 0) is 9.53 Å². The van der Waals surface area contributed by atoms with Crippen molar-refractivity contribution < 1.29 is 14.3 Å². The Morgan fingerprint density at radius 3 is 2.67 bits per heavy atom. The third kappa shape index (κ3) is 3.86. The molecule has 2 heterocycles. The van der Waals surface area contributed by atoms with Gasteiger partial charge in [0.15, 0.2) is 0 Å². The average molecular weight is 292 g/mol. The molecule has 0 aliphatic carbocycles. The SMILES string of the molecule is CCOC(=O)CC(C)c1cccn1C(=O)N1CCCCC1. The summed E-state index contributed by atoms with van der Waals surface area (Å²) < 4.78 is 6.66. The Kier molecular flexibility index (Phi) is 5.42. The van der Waals surface area contributed by atoms with Crippen LogP contribution in [0.15, 0.2) is 18.3 Å². The maximum absolute atomic E-state index is 12.6. The normalized spacial score (nSPS) is 16.6. The Morgan fingerprint density at radius 2 is 2.00 bits per heavy atom. The maximum Gasteiger partial charge on any atom is 0.328 e. The number of esters is 1. The van der Waals surface area contributed by atoms with Gasteiger partial charge in [-0.3, -0.25) is 9.36 Å². The summed E-state index contributed by atoms with van der Waals surface area (Å²) in [5.74, 6) is -0.254. The van der Waals surface area contributed by atoms with E-state index in [9.17, 15) is 9.59 Å². The molecule has 1 aromatic heterocycles. The summed E-state index contributed by atoms with van der Waals surface area (Å²) in [4.78, 5) is 26.1. The van der Waals surface area contributed by atoms with Crippen LogP contribution < -0.4 is 0 Å². The molecular weight excluding hydrogens is 268 g/mol. The number of carbonyl (C=O) groups excluding carboxylic acids is 2. The van der Waals surface area contributed by atoms with Gasteiger partial charge < -0.3 is 9.64 Å². The van der Waals surface area contributed by atoms with Crippen LogP contribution in [-0.4, -0.2) is 41.2 Å². The molecule has 1 fully saturated rings. The van der Waals surface area contributed by atoms with Crippen molar-refractivity contribution in [3.05, 3.63) is 24.0 Å². The van der Waals surface area contributed by atoms with Crippen LogP contribution in [0.4, 0.5) is 4.79 Å². The Morgan fingerprint density at radius 1 is 1.29 bits per heavy atom. The van der Waals surface area contributed by atoms with Crippen molar-refractivity contribution in [2.75, 3.05) is 19.7 Å². The summed E-state index contributed by atoms with van der Waals surface area (Å²) in [5.41, 5.74) is 0.874. The Labute approximate surface area is 125 Å². The summed E-state index contributed by atoms with van der Waals surface area (Å²) in [7, 11) is 0. The first-order valence-corrected chi connectivity index (χ1v) is 7.75. The lowest BCUT2D eigenvalue weighted by Crippen LogP contribution is -2.39. The topological polar surface area (TPSA) is 51.5 Å². The van der Waals surface area contributed by atoms with Gasteiger partial charge in [0.2, 0.25) is 0 Å². The molecule has 2 rings (SSSR count). The molecule has 116 valence electrons. The zero-order valence-corrected chi connectivity index (χ0v) is 12.9. The molecule has 0 bridgehead atoms. The first-order valence-electron chi connectivity index (χ1n) is 7.75. The van der Waals surface area contributed by atoms with E-state index >= 15 is 0 Å². The highest BCUT2D eigenvalue weighted by atomic mass is 16.5. The summed E-state index contributed by atoms with van der Waals surface area (Å²) >= 11 is 0. The lowest BCUT2D eigenvalue weighted by Gasteiger charge is -2.28. The van der Waals surface area contributed by atoms with Crippen molar-refractivity contribution in [3.8, 4) is 0 Å². The zero-order chi connectivity index (χ0) is 15.2. The van der Waals surface area contributed by atoms with Gasteiger partial charge >= 0.3 is 12.0 Å². The molecule has 21 heavy (non-hydrogen) atoms. The van der Waals surface area contributed by atoms with Gasteiger partial charge in [-0.1, -0.05) is 6.92 Å². The number of hydrogen-bond acceptors (Lipinski definition) is 3. The Bertz CT molecular complexity index is 489. The van der Waals surface area contributed by atoms with E-state index in [1.807, 2.05) is 24.0 Å². The predicted molar refractivity (Wildman–Crippen MR) is 80.3 cm³/mol. The standard InChI is InChI=1S/C16H24N2O3/c1-3-21-15(19)12-13(2)14-8-7-11-18(14)16(20)17-9-5-4-6-10-17/h7-8,11,13H,3-6,9-10,12H2,1-2H3. The highest BCUT2D eigenvalue weighted by molar-refractivity contribution is 5.78. The third-order valence-corrected chi connectivity index (χ3v) is 3.90. The van der Waals surface area contributed by atoms with E-state index in [0.29, 0.717) is 13.0 Å². The molecule has 1 atom stereocenters. The smallest absolute Gasteiger partial charge is 0.328 e. The number of carbonyl (C=O) groups is 2. The fourth-order valence-corrected chi connectivity index (χ4v) is 2.78.